The molecule has 0 bridgehead atoms. The van der Waals surface area contributed by atoms with E-state index in [-0.39, 0.29) is 18.1 Å². The van der Waals surface area contributed by atoms with E-state index in [1.807, 2.05) is 11.9 Å². The normalized spacial score (nSPS) is 23.2. The van der Waals surface area contributed by atoms with Gasteiger partial charge in [-0.2, -0.15) is 0 Å². The number of nitrogens with one attached hydrogen (secondary N) is 1. The summed E-state index contributed by atoms with van der Waals surface area (Å²) in [6.07, 6.45) is 3.18. The quantitative estimate of drug-likeness (QED) is 0.902. The number of unbranched alkanes of at least 4 members (excludes halogenated alkanes) is 1. The highest BCUT2D eigenvalue weighted by Gasteiger charge is 2.37. The lowest BCUT2D eigenvalue weighted by molar-refractivity contribution is -0.128. The molecule has 2 atom stereocenters. The van der Waals surface area contributed by atoms with Gasteiger partial charge in [0.1, 0.15) is 6.17 Å². The van der Waals surface area contributed by atoms with Gasteiger partial charge in [0.05, 0.1) is 6.04 Å². The molecule has 1 heterocycles. The average molecular weight is 260 g/mol. The van der Waals surface area contributed by atoms with Gasteiger partial charge in [0, 0.05) is 7.05 Å². The largest absolute Gasteiger partial charge is 0.325 e. The van der Waals surface area contributed by atoms with Crippen LogP contribution in [-0.4, -0.2) is 23.9 Å². The third kappa shape index (κ3) is 2.81. The first-order chi connectivity index (χ1) is 9.04. The number of rotatable bonds is 4. The zero-order chi connectivity index (χ0) is 14.0. The van der Waals surface area contributed by atoms with Gasteiger partial charge in [-0.3, -0.25) is 10.1 Å². The molecule has 0 aliphatic carbocycles. The van der Waals surface area contributed by atoms with Crippen molar-refractivity contribution in [2.75, 3.05) is 7.05 Å². The molecule has 3 heteroatoms. The third-order valence-corrected chi connectivity index (χ3v) is 3.97. The van der Waals surface area contributed by atoms with E-state index < -0.39 is 0 Å². The molecule has 0 saturated carbocycles. The molecule has 0 radical (unpaired) electrons. The van der Waals surface area contributed by atoms with Crippen molar-refractivity contribution >= 4 is 5.91 Å². The van der Waals surface area contributed by atoms with Crippen LogP contribution in [0, 0.1) is 13.8 Å². The average Bonchev–Trinajstić information content (AvgIpc) is 2.67. The van der Waals surface area contributed by atoms with Crippen molar-refractivity contribution in [1.29, 1.82) is 0 Å². The number of likely N-dealkylation sites (N-methyl/N-ethyl adjacent to an activating group) is 1. The number of carbonyl (C=O) groups is 1. The first kappa shape index (κ1) is 14.1. The highest BCUT2D eigenvalue weighted by molar-refractivity contribution is 5.84. The van der Waals surface area contributed by atoms with E-state index in [2.05, 4.69) is 44.3 Å². The summed E-state index contributed by atoms with van der Waals surface area (Å²) in [5, 5.41) is 3.49. The van der Waals surface area contributed by atoms with Crippen molar-refractivity contribution in [2.45, 2.75) is 52.2 Å². The molecule has 0 aromatic heterocycles. The van der Waals surface area contributed by atoms with E-state index in [0.717, 1.165) is 19.3 Å². The lowest BCUT2D eigenvalue weighted by Gasteiger charge is -2.22. The summed E-state index contributed by atoms with van der Waals surface area (Å²) in [5.74, 6) is 0.222. The van der Waals surface area contributed by atoms with Gasteiger partial charge < -0.3 is 4.90 Å². The van der Waals surface area contributed by atoms with Gasteiger partial charge in [-0.25, -0.2) is 0 Å². The van der Waals surface area contributed by atoms with Crippen molar-refractivity contribution in [3.8, 4) is 0 Å². The van der Waals surface area contributed by atoms with E-state index in [4.69, 9.17) is 0 Å². The highest BCUT2D eigenvalue weighted by atomic mass is 16.2. The Bertz CT molecular complexity index is 470. The maximum Gasteiger partial charge on any atom is 0.241 e. The molecule has 1 fully saturated rings. The Morgan fingerprint density at radius 1 is 1.32 bits per heavy atom. The number of amides is 1. The predicted octanol–water partition coefficient (Wildman–Crippen LogP) is 2.92. The van der Waals surface area contributed by atoms with Crippen LogP contribution in [0.5, 0.6) is 0 Å². The minimum Gasteiger partial charge on any atom is -0.325 e. The van der Waals surface area contributed by atoms with E-state index in [0.29, 0.717) is 0 Å². The monoisotopic (exact) mass is 260 g/mol. The number of benzene rings is 1. The second-order valence-electron chi connectivity index (χ2n) is 5.57. The first-order valence-electron chi connectivity index (χ1n) is 7.14. The van der Waals surface area contributed by atoms with Crippen LogP contribution >= 0.6 is 0 Å². The van der Waals surface area contributed by atoms with E-state index >= 15 is 0 Å². The maximum atomic E-state index is 12.3. The molecule has 104 valence electrons. The minimum atomic E-state index is -0.0186. The molecule has 1 aliphatic heterocycles. The Morgan fingerprint density at radius 2 is 2.05 bits per heavy atom. The molecule has 1 N–H and O–H groups in total. The standard InChI is InChI=1S/C16H24N2O/c1-5-6-7-14-16(19)18(4)15(17-14)13-10-11(2)8-9-12(13)3/h8-10,14-15,17H,5-7H2,1-4H3. The molecule has 1 aromatic rings. The Morgan fingerprint density at radius 3 is 2.74 bits per heavy atom. The van der Waals surface area contributed by atoms with Gasteiger partial charge in [0.25, 0.3) is 0 Å². The zero-order valence-electron chi connectivity index (χ0n) is 12.4. The fraction of sp³-hybridized carbons (Fsp3) is 0.562. The summed E-state index contributed by atoms with van der Waals surface area (Å²) in [6.45, 7) is 6.35. The van der Waals surface area contributed by atoms with Crippen molar-refractivity contribution in [1.82, 2.24) is 10.2 Å². The SMILES string of the molecule is CCCCC1NC(c2cc(C)ccc2C)N(C)C1=O. The van der Waals surface area contributed by atoms with Gasteiger partial charge in [-0.1, -0.05) is 43.5 Å². The maximum absolute atomic E-state index is 12.3. The summed E-state index contributed by atoms with van der Waals surface area (Å²) in [5.41, 5.74) is 3.69. The molecule has 1 saturated heterocycles. The topological polar surface area (TPSA) is 32.3 Å². The van der Waals surface area contributed by atoms with Crippen molar-refractivity contribution in [3.05, 3.63) is 34.9 Å². The van der Waals surface area contributed by atoms with Gasteiger partial charge in [0.15, 0.2) is 0 Å². The summed E-state index contributed by atoms with van der Waals surface area (Å²) in [7, 11) is 1.90. The van der Waals surface area contributed by atoms with Crippen LogP contribution in [0.25, 0.3) is 0 Å². The number of carbonyl (C=O) groups excluding carboxylic acids is 1. The molecule has 0 spiro atoms. The van der Waals surface area contributed by atoms with Crippen LogP contribution in [0.15, 0.2) is 18.2 Å². The van der Waals surface area contributed by atoms with Gasteiger partial charge in [-0.05, 0) is 31.4 Å². The molecule has 19 heavy (non-hydrogen) atoms. The Labute approximate surface area is 116 Å². The first-order valence-corrected chi connectivity index (χ1v) is 7.14. The van der Waals surface area contributed by atoms with Crippen LogP contribution in [-0.2, 0) is 4.79 Å². The molecule has 1 aliphatic rings. The second kappa shape index (κ2) is 5.74. The molecule has 2 rings (SSSR count). The Hall–Kier alpha value is -1.35. The predicted molar refractivity (Wildman–Crippen MR) is 77.9 cm³/mol. The summed E-state index contributed by atoms with van der Waals surface area (Å²) in [6, 6.07) is 6.41. The molecule has 1 amide bonds. The Balaban J connectivity index is 2.21. The number of hydrogen-bond donors (Lipinski definition) is 1. The van der Waals surface area contributed by atoms with Crippen LogP contribution in [0.3, 0.4) is 0 Å². The summed E-state index contributed by atoms with van der Waals surface area (Å²) < 4.78 is 0. The van der Waals surface area contributed by atoms with Crippen LogP contribution in [0.2, 0.25) is 0 Å². The number of nitrogens with zero attached hydrogens (tertiary/aromatic N) is 1. The molecule has 1 aromatic carbocycles. The summed E-state index contributed by atoms with van der Waals surface area (Å²) in [4.78, 5) is 14.1. The van der Waals surface area contributed by atoms with Gasteiger partial charge >= 0.3 is 0 Å². The lowest BCUT2D eigenvalue weighted by atomic mass is 10.0. The third-order valence-electron chi connectivity index (χ3n) is 3.97. The van der Waals surface area contributed by atoms with Crippen molar-refractivity contribution in [3.63, 3.8) is 0 Å². The molecule has 3 nitrogen and oxygen atoms in total. The highest BCUT2D eigenvalue weighted by Crippen LogP contribution is 2.28. The van der Waals surface area contributed by atoms with Gasteiger partial charge in [0.2, 0.25) is 5.91 Å². The summed E-state index contributed by atoms with van der Waals surface area (Å²) >= 11 is 0. The minimum absolute atomic E-state index is 0.0186. The molecular formula is C16H24N2O. The molecule has 2 unspecified atom stereocenters. The lowest BCUT2D eigenvalue weighted by Crippen LogP contribution is -2.28. The van der Waals surface area contributed by atoms with Crippen LogP contribution < -0.4 is 5.32 Å². The van der Waals surface area contributed by atoms with Gasteiger partial charge in [-0.15, -0.1) is 0 Å². The molecular weight excluding hydrogens is 236 g/mol. The second-order valence-corrected chi connectivity index (χ2v) is 5.57. The fourth-order valence-electron chi connectivity index (χ4n) is 2.71. The van der Waals surface area contributed by atoms with Crippen LogP contribution in [0.4, 0.5) is 0 Å². The zero-order valence-corrected chi connectivity index (χ0v) is 12.4. The van der Waals surface area contributed by atoms with E-state index in [1.54, 1.807) is 0 Å². The van der Waals surface area contributed by atoms with Crippen molar-refractivity contribution in [2.24, 2.45) is 0 Å². The Kier molecular flexibility index (Phi) is 4.25. The van der Waals surface area contributed by atoms with Crippen LogP contribution in [0.1, 0.15) is 49.0 Å². The van der Waals surface area contributed by atoms with Crippen molar-refractivity contribution < 1.29 is 4.79 Å². The fourth-order valence-corrected chi connectivity index (χ4v) is 2.71. The number of aryl methyl sites for hydroxylation is 2. The van der Waals surface area contributed by atoms with E-state index in [9.17, 15) is 4.79 Å². The van der Waals surface area contributed by atoms with E-state index in [1.165, 1.54) is 16.7 Å². The smallest absolute Gasteiger partial charge is 0.241 e. The number of hydrogen-bond acceptors (Lipinski definition) is 2.